The molecule has 2 atom stereocenters. The van der Waals surface area contributed by atoms with E-state index in [-0.39, 0.29) is 5.92 Å². The molecule has 0 aliphatic heterocycles. The summed E-state index contributed by atoms with van der Waals surface area (Å²) in [5.41, 5.74) is 0. The fraction of sp³-hybridized carbons (Fsp3) is 0.889. The zero-order chi connectivity index (χ0) is 8.43. The molecule has 1 aliphatic rings. The summed E-state index contributed by atoms with van der Waals surface area (Å²) in [6, 6.07) is 0. The summed E-state index contributed by atoms with van der Waals surface area (Å²) in [6.07, 6.45) is 2.89. The lowest BCUT2D eigenvalue weighted by molar-refractivity contribution is -0.141. The average molecular weight is 156 g/mol. The van der Waals surface area contributed by atoms with E-state index < -0.39 is 5.97 Å². The fourth-order valence-corrected chi connectivity index (χ4v) is 1.85. The average Bonchev–Trinajstić information content (AvgIpc) is 2.33. The molecule has 0 saturated heterocycles. The van der Waals surface area contributed by atoms with E-state index in [0.29, 0.717) is 11.8 Å². The van der Waals surface area contributed by atoms with Gasteiger partial charge in [0.15, 0.2) is 0 Å². The lowest BCUT2D eigenvalue weighted by Crippen LogP contribution is -2.11. The Morgan fingerprint density at radius 2 is 2.09 bits per heavy atom. The first kappa shape index (κ1) is 8.57. The molecule has 1 unspecified atom stereocenters. The molecule has 0 aromatic heterocycles. The molecule has 1 fully saturated rings. The first-order valence-corrected chi connectivity index (χ1v) is 4.34. The molecule has 1 saturated carbocycles. The van der Waals surface area contributed by atoms with Gasteiger partial charge in [-0.05, 0) is 31.1 Å². The Bertz CT molecular complexity index is 152. The maximum atomic E-state index is 10.6. The molecule has 0 aromatic rings. The van der Waals surface area contributed by atoms with Crippen molar-refractivity contribution in [2.24, 2.45) is 17.8 Å². The SMILES string of the molecule is CC(C)C1CC[C@@H](C(=O)O)C1. The van der Waals surface area contributed by atoms with Gasteiger partial charge >= 0.3 is 5.97 Å². The third kappa shape index (κ3) is 1.95. The van der Waals surface area contributed by atoms with Crippen molar-refractivity contribution < 1.29 is 9.90 Å². The maximum absolute atomic E-state index is 10.6. The molecule has 64 valence electrons. The van der Waals surface area contributed by atoms with Gasteiger partial charge < -0.3 is 5.11 Å². The Morgan fingerprint density at radius 1 is 1.45 bits per heavy atom. The Balaban J connectivity index is 2.41. The van der Waals surface area contributed by atoms with Crippen molar-refractivity contribution in [3.63, 3.8) is 0 Å². The smallest absolute Gasteiger partial charge is 0.306 e. The minimum atomic E-state index is -0.604. The zero-order valence-electron chi connectivity index (χ0n) is 7.21. The summed E-state index contributed by atoms with van der Waals surface area (Å²) in [5.74, 6) is 0.644. The van der Waals surface area contributed by atoms with Crippen LogP contribution in [0.5, 0.6) is 0 Å². The van der Waals surface area contributed by atoms with Crippen LogP contribution in [-0.2, 0) is 4.79 Å². The van der Waals surface area contributed by atoms with Gasteiger partial charge in [0.1, 0.15) is 0 Å². The Morgan fingerprint density at radius 3 is 2.36 bits per heavy atom. The first-order valence-electron chi connectivity index (χ1n) is 4.34. The van der Waals surface area contributed by atoms with Crippen LogP contribution < -0.4 is 0 Å². The molecule has 0 heterocycles. The van der Waals surface area contributed by atoms with Crippen LogP contribution in [0.2, 0.25) is 0 Å². The van der Waals surface area contributed by atoms with Gasteiger partial charge in [0, 0.05) is 0 Å². The van der Waals surface area contributed by atoms with Gasteiger partial charge in [-0.1, -0.05) is 13.8 Å². The van der Waals surface area contributed by atoms with Crippen molar-refractivity contribution in [1.29, 1.82) is 0 Å². The summed E-state index contributed by atoms with van der Waals surface area (Å²) in [4.78, 5) is 10.6. The minimum absolute atomic E-state index is 0.0533. The molecule has 1 N–H and O–H groups in total. The van der Waals surface area contributed by atoms with E-state index in [9.17, 15) is 4.79 Å². The number of hydrogen-bond donors (Lipinski definition) is 1. The van der Waals surface area contributed by atoms with Gasteiger partial charge in [0.25, 0.3) is 0 Å². The third-order valence-electron chi connectivity index (χ3n) is 2.77. The lowest BCUT2D eigenvalue weighted by atomic mass is 9.93. The highest BCUT2D eigenvalue weighted by molar-refractivity contribution is 5.70. The van der Waals surface area contributed by atoms with E-state index in [1.807, 2.05) is 0 Å². The van der Waals surface area contributed by atoms with Crippen LogP contribution in [0.3, 0.4) is 0 Å². The topological polar surface area (TPSA) is 37.3 Å². The van der Waals surface area contributed by atoms with Crippen LogP contribution in [0.15, 0.2) is 0 Å². The van der Waals surface area contributed by atoms with E-state index in [2.05, 4.69) is 13.8 Å². The van der Waals surface area contributed by atoms with Crippen molar-refractivity contribution in [2.75, 3.05) is 0 Å². The van der Waals surface area contributed by atoms with E-state index in [1.54, 1.807) is 0 Å². The Hall–Kier alpha value is -0.530. The number of carboxylic acid groups (broad SMARTS) is 1. The second-order valence-corrected chi connectivity index (χ2v) is 3.85. The molecule has 1 aliphatic carbocycles. The summed E-state index contributed by atoms with van der Waals surface area (Å²) in [7, 11) is 0. The van der Waals surface area contributed by atoms with Gasteiger partial charge in [-0.3, -0.25) is 4.79 Å². The highest BCUT2D eigenvalue weighted by Gasteiger charge is 2.30. The van der Waals surface area contributed by atoms with Gasteiger partial charge in [0.2, 0.25) is 0 Å². The highest BCUT2D eigenvalue weighted by atomic mass is 16.4. The molecule has 0 aromatic carbocycles. The van der Waals surface area contributed by atoms with Gasteiger partial charge in [-0.15, -0.1) is 0 Å². The highest BCUT2D eigenvalue weighted by Crippen LogP contribution is 2.35. The summed E-state index contributed by atoms with van der Waals surface area (Å²) < 4.78 is 0. The van der Waals surface area contributed by atoms with E-state index >= 15 is 0 Å². The number of carboxylic acids is 1. The molecule has 0 spiro atoms. The lowest BCUT2D eigenvalue weighted by Gasteiger charge is -2.12. The third-order valence-corrected chi connectivity index (χ3v) is 2.77. The zero-order valence-corrected chi connectivity index (χ0v) is 7.21. The second-order valence-electron chi connectivity index (χ2n) is 3.85. The molecular formula is C9H16O2. The Labute approximate surface area is 67.6 Å². The van der Waals surface area contributed by atoms with Crippen LogP contribution in [-0.4, -0.2) is 11.1 Å². The molecule has 1 rings (SSSR count). The number of hydrogen-bond acceptors (Lipinski definition) is 1. The second kappa shape index (κ2) is 3.24. The minimum Gasteiger partial charge on any atom is -0.481 e. The molecule has 0 amide bonds. The van der Waals surface area contributed by atoms with Crippen molar-refractivity contribution >= 4 is 5.97 Å². The fourth-order valence-electron chi connectivity index (χ4n) is 1.85. The van der Waals surface area contributed by atoms with Crippen LogP contribution >= 0.6 is 0 Å². The standard InChI is InChI=1S/C9H16O2/c1-6(2)7-3-4-8(5-7)9(10)11/h6-8H,3-5H2,1-2H3,(H,10,11)/t7?,8-/m1/s1. The van der Waals surface area contributed by atoms with Crippen molar-refractivity contribution in [2.45, 2.75) is 33.1 Å². The summed E-state index contributed by atoms with van der Waals surface area (Å²) >= 11 is 0. The van der Waals surface area contributed by atoms with Crippen LogP contribution in [0.4, 0.5) is 0 Å². The Kier molecular flexibility index (Phi) is 2.53. The van der Waals surface area contributed by atoms with E-state index in [1.165, 1.54) is 0 Å². The van der Waals surface area contributed by atoms with Crippen LogP contribution in [0.25, 0.3) is 0 Å². The number of rotatable bonds is 2. The summed E-state index contributed by atoms with van der Waals surface area (Å²) in [6.45, 7) is 4.35. The van der Waals surface area contributed by atoms with Crippen molar-refractivity contribution in [3.05, 3.63) is 0 Å². The van der Waals surface area contributed by atoms with Gasteiger partial charge in [-0.25, -0.2) is 0 Å². The predicted octanol–water partition coefficient (Wildman–Crippen LogP) is 2.14. The predicted molar refractivity (Wildman–Crippen MR) is 43.3 cm³/mol. The summed E-state index contributed by atoms with van der Waals surface area (Å²) in [5, 5.41) is 8.71. The monoisotopic (exact) mass is 156 g/mol. The largest absolute Gasteiger partial charge is 0.481 e. The molecule has 0 bridgehead atoms. The van der Waals surface area contributed by atoms with E-state index in [0.717, 1.165) is 19.3 Å². The molecular weight excluding hydrogens is 140 g/mol. The normalized spacial score (nSPS) is 31.2. The molecule has 0 radical (unpaired) electrons. The van der Waals surface area contributed by atoms with Crippen LogP contribution in [0.1, 0.15) is 33.1 Å². The van der Waals surface area contributed by atoms with Crippen molar-refractivity contribution in [3.8, 4) is 0 Å². The maximum Gasteiger partial charge on any atom is 0.306 e. The number of carbonyl (C=O) groups is 1. The van der Waals surface area contributed by atoms with Gasteiger partial charge in [0.05, 0.1) is 5.92 Å². The van der Waals surface area contributed by atoms with Crippen LogP contribution in [0, 0.1) is 17.8 Å². The van der Waals surface area contributed by atoms with E-state index in [4.69, 9.17) is 5.11 Å². The quantitative estimate of drug-likeness (QED) is 0.665. The molecule has 2 heteroatoms. The molecule has 2 nitrogen and oxygen atoms in total. The first-order chi connectivity index (χ1) is 5.11. The van der Waals surface area contributed by atoms with Gasteiger partial charge in [-0.2, -0.15) is 0 Å². The number of aliphatic carboxylic acids is 1. The molecule has 11 heavy (non-hydrogen) atoms. The van der Waals surface area contributed by atoms with Crippen molar-refractivity contribution in [1.82, 2.24) is 0 Å².